The molecule has 0 bridgehead atoms. The molecule has 1 nitrogen and oxygen atoms in total. The number of hydrogen-bond acceptors (Lipinski definition) is 1. The van der Waals surface area contributed by atoms with Crippen molar-refractivity contribution in [3.8, 4) is 0 Å². The first-order valence-corrected chi connectivity index (χ1v) is 4.94. The quantitative estimate of drug-likeness (QED) is 0.655. The Hall–Kier alpha value is -0.720. The molecule has 0 saturated carbocycles. The Morgan fingerprint density at radius 3 is 1.54 bits per heavy atom. The Morgan fingerprint density at radius 1 is 0.846 bits per heavy atom. The summed E-state index contributed by atoms with van der Waals surface area (Å²) in [6.07, 6.45) is 0. The number of nitrogens with one attached hydrogen (secondary N) is 1. The third-order valence-corrected chi connectivity index (χ3v) is 2.06. The SMILES string of the molecule is CC(C)=C(C)C(NC(C)C)=C(C)C. The van der Waals surface area contributed by atoms with Crippen LogP contribution in [0.2, 0.25) is 0 Å². The molecular weight excluding hydrogens is 158 g/mol. The second kappa shape index (κ2) is 5.11. The molecule has 0 radical (unpaired) electrons. The Labute approximate surface area is 82.9 Å². The molecule has 0 fully saturated rings. The van der Waals surface area contributed by atoms with Gasteiger partial charge in [0.2, 0.25) is 0 Å². The van der Waals surface area contributed by atoms with E-state index in [2.05, 4.69) is 53.8 Å². The Kier molecular flexibility index (Phi) is 4.82. The maximum absolute atomic E-state index is 3.48. The fraction of sp³-hybridized carbons (Fsp3) is 0.667. The van der Waals surface area contributed by atoms with Gasteiger partial charge in [-0.25, -0.2) is 0 Å². The van der Waals surface area contributed by atoms with Crippen LogP contribution in [0.3, 0.4) is 0 Å². The van der Waals surface area contributed by atoms with Crippen LogP contribution in [0.4, 0.5) is 0 Å². The largest absolute Gasteiger partial charge is 0.383 e. The van der Waals surface area contributed by atoms with Crippen LogP contribution in [-0.4, -0.2) is 6.04 Å². The monoisotopic (exact) mass is 181 g/mol. The van der Waals surface area contributed by atoms with Crippen LogP contribution in [0.1, 0.15) is 48.5 Å². The van der Waals surface area contributed by atoms with Crippen molar-refractivity contribution in [1.82, 2.24) is 5.32 Å². The second-order valence-electron chi connectivity index (χ2n) is 4.30. The average molecular weight is 181 g/mol. The molecular formula is C12H23N. The molecule has 76 valence electrons. The van der Waals surface area contributed by atoms with Gasteiger partial charge in [0.1, 0.15) is 0 Å². The Morgan fingerprint density at radius 2 is 1.31 bits per heavy atom. The fourth-order valence-electron chi connectivity index (χ4n) is 1.17. The van der Waals surface area contributed by atoms with Crippen molar-refractivity contribution in [2.45, 2.75) is 54.5 Å². The van der Waals surface area contributed by atoms with Crippen LogP contribution in [0.15, 0.2) is 22.4 Å². The maximum atomic E-state index is 3.48. The smallest absolute Gasteiger partial charge is 0.0357 e. The standard InChI is InChI=1S/C12H23N/c1-8(2)11(7)12(9(3)4)13-10(5)6/h10,13H,1-7H3. The van der Waals surface area contributed by atoms with Gasteiger partial charge in [0.25, 0.3) is 0 Å². The summed E-state index contributed by atoms with van der Waals surface area (Å²) in [6, 6.07) is 0.499. The van der Waals surface area contributed by atoms with Gasteiger partial charge < -0.3 is 5.32 Å². The minimum absolute atomic E-state index is 0.499. The van der Waals surface area contributed by atoms with Crippen molar-refractivity contribution in [3.05, 3.63) is 22.4 Å². The fourth-order valence-corrected chi connectivity index (χ4v) is 1.17. The summed E-state index contributed by atoms with van der Waals surface area (Å²) in [5, 5.41) is 3.48. The minimum Gasteiger partial charge on any atom is -0.383 e. The first-order chi connectivity index (χ1) is 5.86. The summed E-state index contributed by atoms with van der Waals surface area (Å²) in [7, 11) is 0. The van der Waals surface area contributed by atoms with E-state index in [0.717, 1.165) is 0 Å². The third kappa shape index (κ3) is 4.16. The molecule has 0 aromatic rings. The first-order valence-electron chi connectivity index (χ1n) is 4.94. The highest BCUT2D eigenvalue weighted by molar-refractivity contribution is 5.34. The zero-order valence-corrected chi connectivity index (χ0v) is 10.1. The zero-order valence-electron chi connectivity index (χ0n) is 10.1. The van der Waals surface area contributed by atoms with Gasteiger partial charge >= 0.3 is 0 Å². The average Bonchev–Trinajstić information content (AvgIpc) is 1.97. The molecule has 0 amide bonds. The number of rotatable bonds is 3. The van der Waals surface area contributed by atoms with E-state index in [0.29, 0.717) is 6.04 Å². The first kappa shape index (κ1) is 12.3. The lowest BCUT2D eigenvalue weighted by Crippen LogP contribution is -2.23. The summed E-state index contributed by atoms with van der Waals surface area (Å²) in [6.45, 7) is 15.1. The van der Waals surface area contributed by atoms with Gasteiger partial charge in [0.15, 0.2) is 0 Å². The molecule has 0 saturated heterocycles. The summed E-state index contributed by atoms with van der Waals surface area (Å²) in [5.74, 6) is 0. The van der Waals surface area contributed by atoms with Gasteiger partial charge in [0, 0.05) is 11.7 Å². The van der Waals surface area contributed by atoms with E-state index in [-0.39, 0.29) is 0 Å². The molecule has 0 rings (SSSR count). The molecule has 0 unspecified atom stereocenters. The maximum Gasteiger partial charge on any atom is 0.0357 e. The van der Waals surface area contributed by atoms with Crippen LogP contribution in [0.25, 0.3) is 0 Å². The molecule has 0 spiro atoms. The molecule has 0 aliphatic rings. The van der Waals surface area contributed by atoms with Crippen LogP contribution >= 0.6 is 0 Å². The number of hydrogen-bond donors (Lipinski definition) is 1. The van der Waals surface area contributed by atoms with E-state index in [9.17, 15) is 0 Å². The molecule has 0 heterocycles. The summed E-state index contributed by atoms with van der Waals surface area (Å²) >= 11 is 0. The third-order valence-electron chi connectivity index (χ3n) is 2.06. The lowest BCUT2D eigenvalue weighted by atomic mass is 10.1. The van der Waals surface area contributed by atoms with Gasteiger partial charge in [-0.15, -0.1) is 0 Å². The van der Waals surface area contributed by atoms with Crippen LogP contribution in [0.5, 0.6) is 0 Å². The van der Waals surface area contributed by atoms with Crippen LogP contribution in [0, 0.1) is 0 Å². The predicted molar refractivity (Wildman–Crippen MR) is 60.7 cm³/mol. The van der Waals surface area contributed by atoms with Crippen molar-refractivity contribution in [3.63, 3.8) is 0 Å². The van der Waals surface area contributed by atoms with E-state index in [1.54, 1.807) is 0 Å². The van der Waals surface area contributed by atoms with Gasteiger partial charge in [-0.2, -0.15) is 0 Å². The van der Waals surface area contributed by atoms with Crippen LogP contribution in [-0.2, 0) is 0 Å². The van der Waals surface area contributed by atoms with Crippen molar-refractivity contribution in [1.29, 1.82) is 0 Å². The molecule has 0 aliphatic carbocycles. The van der Waals surface area contributed by atoms with E-state index in [4.69, 9.17) is 0 Å². The normalized spacial score (nSPS) is 9.85. The summed E-state index contributed by atoms with van der Waals surface area (Å²) in [5.41, 5.74) is 5.40. The van der Waals surface area contributed by atoms with Gasteiger partial charge in [-0.05, 0) is 54.0 Å². The predicted octanol–water partition coefficient (Wildman–Crippen LogP) is 3.63. The van der Waals surface area contributed by atoms with E-state index < -0.39 is 0 Å². The zero-order chi connectivity index (χ0) is 10.6. The second-order valence-corrected chi connectivity index (χ2v) is 4.30. The lowest BCUT2D eigenvalue weighted by Gasteiger charge is -2.18. The molecule has 1 N–H and O–H groups in total. The molecule has 0 aliphatic heterocycles. The summed E-state index contributed by atoms with van der Waals surface area (Å²) < 4.78 is 0. The van der Waals surface area contributed by atoms with Crippen molar-refractivity contribution in [2.75, 3.05) is 0 Å². The highest BCUT2D eigenvalue weighted by Gasteiger charge is 2.04. The van der Waals surface area contributed by atoms with E-state index in [1.807, 2.05) is 0 Å². The van der Waals surface area contributed by atoms with E-state index >= 15 is 0 Å². The summed E-state index contributed by atoms with van der Waals surface area (Å²) in [4.78, 5) is 0. The molecule has 0 aromatic heterocycles. The van der Waals surface area contributed by atoms with Gasteiger partial charge in [-0.3, -0.25) is 0 Å². The molecule has 0 aromatic carbocycles. The number of allylic oxidation sites excluding steroid dienone is 3. The Balaban J connectivity index is 4.87. The minimum atomic E-state index is 0.499. The highest BCUT2D eigenvalue weighted by Crippen LogP contribution is 2.15. The molecule has 13 heavy (non-hydrogen) atoms. The molecule has 1 heteroatoms. The van der Waals surface area contributed by atoms with Crippen LogP contribution < -0.4 is 5.32 Å². The van der Waals surface area contributed by atoms with Crippen molar-refractivity contribution >= 4 is 0 Å². The molecule has 0 atom stereocenters. The van der Waals surface area contributed by atoms with E-state index in [1.165, 1.54) is 22.4 Å². The van der Waals surface area contributed by atoms with Gasteiger partial charge in [-0.1, -0.05) is 11.1 Å². The van der Waals surface area contributed by atoms with Crippen molar-refractivity contribution < 1.29 is 0 Å². The lowest BCUT2D eigenvalue weighted by molar-refractivity contribution is 0.667. The topological polar surface area (TPSA) is 12.0 Å². The van der Waals surface area contributed by atoms with Gasteiger partial charge in [0.05, 0.1) is 0 Å². The van der Waals surface area contributed by atoms with Crippen molar-refractivity contribution in [2.24, 2.45) is 0 Å². The Bertz CT molecular complexity index is 224. The highest BCUT2D eigenvalue weighted by atomic mass is 14.9.